The molecule has 2 aromatic rings. The van der Waals surface area contributed by atoms with Crippen LogP contribution in [0.5, 0.6) is 5.75 Å². The van der Waals surface area contributed by atoms with Crippen LogP contribution in [0.15, 0.2) is 54.6 Å². The van der Waals surface area contributed by atoms with Gasteiger partial charge in [0, 0.05) is 45.0 Å². The molecule has 2 aliphatic heterocycles. The molecule has 0 N–H and O–H groups in total. The van der Waals surface area contributed by atoms with Crippen LogP contribution >= 0.6 is 0 Å². The second kappa shape index (κ2) is 8.66. The Balaban J connectivity index is 1.31. The lowest BCUT2D eigenvalue weighted by Crippen LogP contribution is -2.51. The molecule has 0 spiro atoms. The van der Waals surface area contributed by atoms with E-state index < -0.39 is 5.92 Å². The van der Waals surface area contributed by atoms with Crippen LogP contribution in [0.2, 0.25) is 0 Å². The van der Waals surface area contributed by atoms with Crippen LogP contribution < -0.4 is 9.64 Å². The molecule has 29 heavy (non-hydrogen) atoms. The fourth-order valence-corrected chi connectivity index (χ4v) is 4.15. The van der Waals surface area contributed by atoms with Crippen molar-refractivity contribution >= 4 is 17.5 Å². The van der Waals surface area contributed by atoms with Gasteiger partial charge in [0.1, 0.15) is 11.7 Å². The number of para-hydroxylation sites is 1. The zero-order valence-electron chi connectivity index (χ0n) is 16.8. The third-order valence-electron chi connectivity index (χ3n) is 5.80. The molecule has 6 heteroatoms. The first-order chi connectivity index (χ1) is 14.2. The van der Waals surface area contributed by atoms with Crippen LogP contribution in [0.1, 0.15) is 12.0 Å². The number of carbonyl (C=O) groups excluding carboxylic acids is 2. The molecular weight excluding hydrogens is 366 g/mol. The first-order valence-electron chi connectivity index (χ1n) is 10.2. The van der Waals surface area contributed by atoms with E-state index in [4.69, 9.17) is 4.74 Å². The van der Waals surface area contributed by atoms with Gasteiger partial charge in [0.25, 0.3) is 0 Å². The van der Waals surface area contributed by atoms with E-state index in [1.807, 2.05) is 53.4 Å². The second-order valence-electron chi connectivity index (χ2n) is 7.62. The fourth-order valence-electron chi connectivity index (χ4n) is 4.15. The summed E-state index contributed by atoms with van der Waals surface area (Å²) < 4.78 is 5.29. The highest BCUT2D eigenvalue weighted by Gasteiger charge is 2.40. The van der Waals surface area contributed by atoms with Gasteiger partial charge in [-0.3, -0.25) is 14.5 Å². The summed E-state index contributed by atoms with van der Waals surface area (Å²) in [6.45, 7) is 4.40. The van der Waals surface area contributed by atoms with E-state index in [1.54, 1.807) is 12.0 Å². The lowest BCUT2D eigenvalue weighted by molar-refractivity contribution is -0.141. The molecule has 0 aliphatic carbocycles. The molecule has 0 saturated carbocycles. The normalized spacial score (nSPS) is 20.2. The Morgan fingerprint density at radius 2 is 1.76 bits per heavy atom. The van der Waals surface area contributed by atoms with Crippen LogP contribution in [-0.2, 0) is 16.1 Å². The van der Waals surface area contributed by atoms with Crippen molar-refractivity contribution in [2.24, 2.45) is 5.92 Å². The van der Waals surface area contributed by atoms with E-state index >= 15 is 0 Å². The van der Waals surface area contributed by atoms with Gasteiger partial charge in [0.05, 0.1) is 7.11 Å². The van der Waals surface area contributed by atoms with Crippen molar-refractivity contribution < 1.29 is 14.3 Å². The van der Waals surface area contributed by atoms with Crippen LogP contribution in [0.4, 0.5) is 5.69 Å². The standard InChI is InChI=1S/C23H27N3O3/c1-29-20-9-5-6-18(16-20)17-24-12-14-25(15-13-24)22(27)21-10-11-26(23(21)28)19-7-3-2-4-8-19/h2-9,16,21H,10-15,17H2,1H3. The SMILES string of the molecule is COc1cccc(CN2CCN(C(=O)C3CCN(c4ccccc4)C3=O)CC2)c1. The fraction of sp³-hybridized carbons (Fsp3) is 0.391. The summed E-state index contributed by atoms with van der Waals surface area (Å²) in [7, 11) is 1.67. The molecule has 2 amide bonds. The molecule has 2 aliphatic rings. The molecule has 0 aromatic heterocycles. The van der Waals surface area contributed by atoms with E-state index in [0.717, 1.165) is 31.1 Å². The van der Waals surface area contributed by atoms with Crippen molar-refractivity contribution in [2.75, 3.05) is 44.7 Å². The lowest BCUT2D eigenvalue weighted by Gasteiger charge is -2.35. The van der Waals surface area contributed by atoms with Gasteiger partial charge in [-0.05, 0) is 36.2 Å². The summed E-state index contributed by atoms with van der Waals surface area (Å²) in [5.41, 5.74) is 2.07. The number of piperazine rings is 1. The molecule has 2 saturated heterocycles. The number of nitrogens with zero attached hydrogens (tertiary/aromatic N) is 3. The number of amides is 2. The Kier molecular flexibility index (Phi) is 5.81. The predicted molar refractivity (Wildman–Crippen MR) is 112 cm³/mol. The minimum absolute atomic E-state index is 0.0190. The molecule has 2 aromatic carbocycles. The molecule has 1 unspecified atom stereocenters. The monoisotopic (exact) mass is 393 g/mol. The van der Waals surface area contributed by atoms with Gasteiger partial charge in [-0.25, -0.2) is 0 Å². The Bertz CT molecular complexity index is 863. The number of carbonyl (C=O) groups is 2. The number of methoxy groups -OCH3 is 1. The molecule has 1 atom stereocenters. The quantitative estimate of drug-likeness (QED) is 0.732. The summed E-state index contributed by atoms with van der Waals surface area (Å²) in [4.78, 5) is 31.7. The third-order valence-corrected chi connectivity index (χ3v) is 5.80. The number of benzene rings is 2. The average Bonchev–Trinajstić information content (AvgIpc) is 3.16. The number of hydrogen-bond acceptors (Lipinski definition) is 4. The molecule has 0 radical (unpaired) electrons. The van der Waals surface area contributed by atoms with E-state index in [2.05, 4.69) is 11.0 Å². The zero-order chi connectivity index (χ0) is 20.2. The highest BCUT2D eigenvalue weighted by atomic mass is 16.5. The molecule has 0 bridgehead atoms. The van der Waals surface area contributed by atoms with Gasteiger partial charge in [-0.15, -0.1) is 0 Å². The van der Waals surface area contributed by atoms with Crippen LogP contribution in [0.25, 0.3) is 0 Å². The highest BCUT2D eigenvalue weighted by Crippen LogP contribution is 2.27. The van der Waals surface area contributed by atoms with Crippen molar-refractivity contribution in [3.63, 3.8) is 0 Å². The first kappa shape index (κ1) is 19.5. The smallest absolute Gasteiger partial charge is 0.239 e. The van der Waals surface area contributed by atoms with Gasteiger partial charge in [-0.1, -0.05) is 30.3 Å². The zero-order valence-corrected chi connectivity index (χ0v) is 16.8. The number of hydrogen-bond donors (Lipinski definition) is 0. The third kappa shape index (κ3) is 4.27. The van der Waals surface area contributed by atoms with Crippen molar-refractivity contribution in [3.05, 3.63) is 60.2 Å². The van der Waals surface area contributed by atoms with Crippen molar-refractivity contribution in [1.82, 2.24) is 9.80 Å². The van der Waals surface area contributed by atoms with E-state index in [1.165, 1.54) is 5.56 Å². The molecular formula is C23H27N3O3. The Morgan fingerprint density at radius 1 is 1.00 bits per heavy atom. The Hall–Kier alpha value is -2.86. The Labute approximate surface area is 171 Å². The minimum Gasteiger partial charge on any atom is -0.497 e. The molecule has 152 valence electrons. The predicted octanol–water partition coefficient (Wildman–Crippen LogP) is 2.39. The first-order valence-corrected chi connectivity index (χ1v) is 10.2. The van der Waals surface area contributed by atoms with Gasteiger partial charge >= 0.3 is 0 Å². The van der Waals surface area contributed by atoms with Crippen molar-refractivity contribution in [3.8, 4) is 5.75 Å². The van der Waals surface area contributed by atoms with Crippen LogP contribution in [-0.4, -0.2) is 61.4 Å². The van der Waals surface area contributed by atoms with E-state index in [9.17, 15) is 9.59 Å². The van der Waals surface area contributed by atoms with Gasteiger partial charge in [0.2, 0.25) is 11.8 Å². The summed E-state index contributed by atoms with van der Waals surface area (Å²) in [5.74, 6) is 0.230. The average molecular weight is 393 g/mol. The number of rotatable bonds is 5. The van der Waals surface area contributed by atoms with Crippen molar-refractivity contribution in [2.45, 2.75) is 13.0 Å². The van der Waals surface area contributed by atoms with Gasteiger partial charge in [-0.2, -0.15) is 0 Å². The van der Waals surface area contributed by atoms with Crippen molar-refractivity contribution in [1.29, 1.82) is 0 Å². The van der Waals surface area contributed by atoms with Gasteiger partial charge < -0.3 is 14.5 Å². The van der Waals surface area contributed by atoms with Crippen LogP contribution in [0.3, 0.4) is 0 Å². The second-order valence-corrected chi connectivity index (χ2v) is 7.62. The van der Waals surface area contributed by atoms with E-state index in [-0.39, 0.29) is 11.8 Å². The lowest BCUT2D eigenvalue weighted by atomic mass is 10.1. The summed E-state index contributed by atoms with van der Waals surface area (Å²) in [5, 5.41) is 0. The number of ether oxygens (including phenoxy) is 1. The molecule has 2 heterocycles. The largest absolute Gasteiger partial charge is 0.497 e. The molecule has 6 nitrogen and oxygen atoms in total. The van der Waals surface area contributed by atoms with E-state index in [0.29, 0.717) is 26.1 Å². The summed E-state index contributed by atoms with van der Waals surface area (Å²) in [6, 6.07) is 17.7. The maximum Gasteiger partial charge on any atom is 0.239 e. The molecule has 2 fully saturated rings. The maximum atomic E-state index is 13.0. The molecule has 4 rings (SSSR count). The summed E-state index contributed by atoms with van der Waals surface area (Å²) in [6.07, 6.45) is 0.594. The summed E-state index contributed by atoms with van der Waals surface area (Å²) >= 11 is 0. The van der Waals surface area contributed by atoms with Crippen LogP contribution in [0, 0.1) is 5.92 Å². The maximum absolute atomic E-state index is 13.0. The van der Waals surface area contributed by atoms with Gasteiger partial charge in [0.15, 0.2) is 0 Å². The number of anilines is 1. The Morgan fingerprint density at radius 3 is 2.48 bits per heavy atom. The highest BCUT2D eigenvalue weighted by molar-refractivity contribution is 6.09. The topological polar surface area (TPSA) is 53.1 Å². The minimum atomic E-state index is -0.542.